The van der Waals surface area contributed by atoms with Gasteiger partial charge in [-0.1, -0.05) is 412 Å². The number of likely N-dealkylation sites (N-methyl/N-ethyl adjacent to an activating group) is 1. The fourth-order valence-corrected chi connectivity index (χ4v) is 12.9. The molecule has 2 atom stereocenters. The molecule has 0 spiro atoms. The Morgan fingerprint density at radius 1 is 0.291 bits per heavy atom. The molecule has 0 saturated carbocycles. The third kappa shape index (κ3) is 85.1. The average molecular weight is 1440 g/mol. The van der Waals surface area contributed by atoms with Crippen LogP contribution in [0.1, 0.15) is 412 Å². The van der Waals surface area contributed by atoms with Crippen molar-refractivity contribution in [1.82, 2.24) is 0 Å². The van der Waals surface area contributed by atoms with Crippen molar-refractivity contribution in [3.05, 3.63) is 109 Å². The minimum absolute atomic E-state index is 0.148. The fourth-order valence-electron chi connectivity index (χ4n) is 12.9. The molecule has 0 fully saturated rings. The van der Waals surface area contributed by atoms with Crippen molar-refractivity contribution in [3.8, 4) is 0 Å². The number of carboxylic acid groups (broad SMARTS) is 1. The van der Waals surface area contributed by atoms with Crippen molar-refractivity contribution in [2.45, 2.75) is 424 Å². The summed E-state index contributed by atoms with van der Waals surface area (Å²) in [5.41, 5.74) is 0. The Hall–Kier alpha value is -4.05. The first kappa shape index (κ1) is 98.9. The van der Waals surface area contributed by atoms with Crippen LogP contribution in [-0.2, 0) is 33.3 Å². The molecule has 0 N–H and O–H groups in total. The van der Waals surface area contributed by atoms with Crippen molar-refractivity contribution in [2.24, 2.45) is 0 Å². The first-order valence-corrected chi connectivity index (χ1v) is 44.0. The highest BCUT2D eigenvalue weighted by molar-refractivity contribution is 5.70. The molecular formula is C94H167NO8. The van der Waals surface area contributed by atoms with E-state index in [1.54, 1.807) is 0 Å². The first-order chi connectivity index (χ1) is 50.6. The van der Waals surface area contributed by atoms with Gasteiger partial charge in [0.25, 0.3) is 0 Å². The van der Waals surface area contributed by atoms with Gasteiger partial charge in [0.1, 0.15) is 13.2 Å². The Labute approximate surface area is 638 Å². The summed E-state index contributed by atoms with van der Waals surface area (Å²) in [5, 5.41) is 11.9. The predicted molar refractivity (Wildman–Crippen MR) is 444 cm³/mol. The molecule has 0 aromatic heterocycles. The van der Waals surface area contributed by atoms with Crippen LogP contribution in [-0.4, -0.2) is 82.3 Å². The Balaban J connectivity index is 3.92. The van der Waals surface area contributed by atoms with Gasteiger partial charge in [0, 0.05) is 12.8 Å². The second-order valence-electron chi connectivity index (χ2n) is 30.8. The van der Waals surface area contributed by atoms with E-state index in [9.17, 15) is 19.5 Å². The third-order valence-electron chi connectivity index (χ3n) is 19.5. The van der Waals surface area contributed by atoms with Crippen LogP contribution in [0.3, 0.4) is 0 Å². The summed E-state index contributed by atoms with van der Waals surface area (Å²) in [6.07, 6.45) is 115. The number of carbonyl (C=O) groups is 3. The molecule has 0 rings (SSSR count). The van der Waals surface area contributed by atoms with Crippen LogP contribution >= 0.6 is 0 Å². The van der Waals surface area contributed by atoms with Crippen LogP contribution in [0.15, 0.2) is 109 Å². The second kappa shape index (κ2) is 83.6. The number of aliphatic carboxylic acids is 1. The summed E-state index contributed by atoms with van der Waals surface area (Å²) < 4.78 is 22.9. The molecule has 0 aliphatic carbocycles. The van der Waals surface area contributed by atoms with E-state index in [1.807, 2.05) is 21.1 Å². The maximum atomic E-state index is 13.0. The molecule has 0 heterocycles. The molecule has 0 saturated heterocycles. The van der Waals surface area contributed by atoms with Gasteiger partial charge < -0.3 is 33.3 Å². The standard InChI is InChI=1S/C94H167NO8/c1-6-8-10-12-14-16-18-20-22-24-26-28-30-32-34-36-38-40-42-44-45-46-47-49-50-52-54-56-58-60-62-64-66-68-70-72-74-76-78-80-82-84-91(96)101-88-90(89-102-94(93(98)99)100-87-86-95(3,4)5)103-92(97)85-83-81-79-77-75-73-71-69-67-65-63-61-59-57-55-53-51-48-43-41-39-37-35-33-31-29-27-25-23-21-19-17-15-13-11-9-7-2/h8-11,14-17,20-23,26-29,33,35,90,94H,6-7,12-13,18-19,24-25,30-32,34,36-89H2,1-5H3/b10-8-,11-9-,16-14-,17-15-,22-20-,23-21-,28-26-,29-27-,35-33-. The van der Waals surface area contributed by atoms with Crippen LogP contribution < -0.4 is 5.11 Å². The minimum Gasteiger partial charge on any atom is -0.545 e. The average Bonchev–Trinajstić information content (AvgIpc) is 1.16. The van der Waals surface area contributed by atoms with E-state index in [4.69, 9.17) is 18.9 Å². The maximum Gasteiger partial charge on any atom is 0.306 e. The van der Waals surface area contributed by atoms with E-state index in [0.29, 0.717) is 23.9 Å². The lowest BCUT2D eigenvalue weighted by molar-refractivity contribution is -0.870. The van der Waals surface area contributed by atoms with E-state index < -0.39 is 24.3 Å². The number of allylic oxidation sites excluding steroid dienone is 18. The monoisotopic (exact) mass is 1440 g/mol. The van der Waals surface area contributed by atoms with E-state index in [-0.39, 0.29) is 32.2 Å². The number of quaternary nitrogens is 1. The van der Waals surface area contributed by atoms with Gasteiger partial charge in [-0.05, 0) is 96.3 Å². The predicted octanol–water partition coefficient (Wildman–Crippen LogP) is 27.5. The van der Waals surface area contributed by atoms with Gasteiger partial charge in [0.2, 0.25) is 0 Å². The van der Waals surface area contributed by atoms with Crippen LogP contribution in [0, 0.1) is 0 Å². The van der Waals surface area contributed by atoms with E-state index in [1.165, 1.54) is 289 Å². The number of ether oxygens (including phenoxy) is 4. The van der Waals surface area contributed by atoms with Gasteiger partial charge in [0.15, 0.2) is 12.4 Å². The van der Waals surface area contributed by atoms with Crippen molar-refractivity contribution in [3.63, 3.8) is 0 Å². The second-order valence-corrected chi connectivity index (χ2v) is 30.8. The molecular weight excluding hydrogens is 1270 g/mol. The normalized spacial score (nSPS) is 13.1. The zero-order valence-electron chi connectivity index (χ0n) is 68.4. The zero-order valence-corrected chi connectivity index (χ0v) is 68.4. The van der Waals surface area contributed by atoms with E-state index in [2.05, 4.69) is 123 Å². The topological polar surface area (TPSA) is 111 Å². The summed E-state index contributed by atoms with van der Waals surface area (Å²) in [4.78, 5) is 37.7. The highest BCUT2D eigenvalue weighted by Gasteiger charge is 2.22. The SMILES string of the molecule is CC/C=C\C/C=C\C/C=C\C/C=C\C/C=C\CCCCCCCCCCCCCCCCCCCCCCCC(=O)OC(COC(=O)CCCCCCCCCCCCCCCCCCCCCCCCCCCCCC/C=C\C/C=C\C/C=C\C/C=C\CC)COC(OCC[N+](C)(C)C)C(=O)[O-]. The molecule has 0 aromatic carbocycles. The molecule has 0 amide bonds. The molecule has 0 aromatic rings. The summed E-state index contributed by atoms with van der Waals surface area (Å²) in [7, 11) is 5.95. The number of esters is 2. The van der Waals surface area contributed by atoms with Crippen LogP contribution in [0.25, 0.3) is 0 Å². The Kier molecular flexibility index (Phi) is 80.3. The lowest BCUT2D eigenvalue weighted by atomic mass is 10.0. The molecule has 2 unspecified atom stereocenters. The minimum atomic E-state index is -1.62. The van der Waals surface area contributed by atoms with Gasteiger partial charge in [-0.2, -0.15) is 0 Å². The first-order valence-electron chi connectivity index (χ1n) is 44.0. The highest BCUT2D eigenvalue weighted by Crippen LogP contribution is 2.20. The number of hydrogen-bond acceptors (Lipinski definition) is 8. The molecule has 0 aliphatic heterocycles. The van der Waals surface area contributed by atoms with Crippen LogP contribution in [0.4, 0.5) is 0 Å². The molecule has 9 heteroatoms. The fraction of sp³-hybridized carbons (Fsp3) is 0.777. The zero-order chi connectivity index (χ0) is 74.6. The van der Waals surface area contributed by atoms with Gasteiger partial charge in [-0.3, -0.25) is 9.59 Å². The Bertz CT molecular complexity index is 2070. The maximum absolute atomic E-state index is 13.0. The molecule has 0 bridgehead atoms. The quantitative estimate of drug-likeness (QED) is 0.0195. The lowest BCUT2D eigenvalue weighted by Gasteiger charge is -2.26. The molecule has 596 valence electrons. The number of hydrogen-bond donors (Lipinski definition) is 0. The van der Waals surface area contributed by atoms with E-state index in [0.717, 1.165) is 89.9 Å². The summed E-state index contributed by atoms with van der Waals surface area (Å²) in [5.74, 6) is -2.25. The third-order valence-corrected chi connectivity index (χ3v) is 19.5. The van der Waals surface area contributed by atoms with Crippen molar-refractivity contribution < 1.29 is 42.9 Å². The summed E-state index contributed by atoms with van der Waals surface area (Å²) in [6, 6.07) is 0. The van der Waals surface area contributed by atoms with Crippen molar-refractivity contribution in [1.29, 1.82) is 0 Å². The largest absolute Gasteiger partial charge is 0.545 e. The smallest absolute Gasteiger partial charge is 0.306 e. The molecule has 0 aliphatic rings. The molecule has 0 radical (unpaired) electrons. The summed E-state index contributed by atoms with van der Waals surface area (Å²) >= 11 is 0. The number of rotatable bonds is 82. The highest BCUT2D eigenvalue weighted by atomic mass is 16.7. The van der Waals surface area contributed by atoms with E-state index >= 15 is 0 Å². The Morgan fingerprint density at radius 3 is 0.777 bits per heavy atom. The van der Waals surface area contributed by atoms with Crippen LogP contribution in [0.5, 0.6) is 0 Å². The van der Waals surface area contributed by atoms with Gasteiger partial charge in [-0.15, -0.1) is 0 Å². The van der Waals surface area contributed by atoms with Crippen molar-refractivity contribution in [2.75, 3.05) is 47.5 Å². The van der Waals surface area contributed by atoms with Crippen molar-refractivity contribution >= 4 is 17.9 Å². The van der Waals surface area contributed by atoms with Crippen LogP contribution in [0.2, 0.25) is 0 Å². The lowest BCUT2D eigenvalue weighted by Crippen LogP contribution is -2.44. The number of unbranched alkanes of at least 4 members (excludes halogenated alkanes) is 49. The number of nitrogens with zero attached hydrogens (tertiary/aromatic N) is 1. The molecule has 9 nitrogen and oxygen atoms in total. The number of carbonyl (C=O) groups excluding carboxylic acids is 3. The molecule has 103 heavy (non-hydrogen) atoms. The Morgan fingerprint density at radius 2 is 0.524 bits per heavy atom. The van der Waals surface area contributed by atoms with Gasteiger partial charge >= 0.3 is 11.9 Å². The van der Waals surface area contributed by atoms with Gasteiger partial charge in [-0.25, -0.2) is 0 Å². The number of carboxylic acids is 1. The summed E-state index contributed by atoms with van der Waals surface area (Å²) in [6.45, 7) is 4.58. The van der Waals surface area contributed by atoms with Gasteiger partial charge in [0.05, 0.1) is 40.3 Å².